The van der Waals surface area contributed by atoms with E-state index in [1.165, 1.54) is 12.5 Å². The molecule has 0 bridgehead atoms. The van der Waals surface area contributed by atoms with Crippen molar-refractivity contribution in [3.63, 3.8) is 0 Å². The van der Waals surface area contributed by atoms with Gasteiger partial charge < -0.3 is 26.1 Å². The van der Waals surface area contributed by atoms with E-state index in [9.17, 15) is 34.2 Å². The number of oxime groups is 1. The summed E-state index contributed by atoms with van der Waals surface area (Å²) in [5, 5.41) is 26.3. The van der Waals surface area contributed by atoms with Crippen molar-refractivity contribution in [2.45, 2.75) is 11.4 Å². The maximum atomic E-state index is 12.7. The molecule has 0 radical (unpaired) electrons. The molecule has 5 N–H and O–H groups in total. The zero-order valence-electron chi connectivity index (χ0n) is 16.0. The van der Waals surface area contributed by atoms with Gasteiger partial charge in [0.1, 0.15) is 29.9 Å². The number of thiazole rings is 1. The number of carbonyl (C=O) groups excluding carboxylic acids is 2. The maximum Gasteiger partial charge on any atom is 0.352 e. The molecule has 0 spiro atoms. The van der Waals surface area contributed by atoms with Gasteiger partial charge in [-0.3, -0.25) is 24.1 Å². The Morgan fingerprint density at radius 1 is 1.34 bits per heavy atom. The number of fused-ring (bicyclic) bond motifs is 1. The second kappa shape index (κ2) is 7.76. The third-order valence-corrected chi connectivity index (χ3v) is 6.76. The second-order valence-electron chi connectivity index (χ2n) is 6.57. The molecular formula is C17H13N5O8S2. The highest BCUT2D eigenvalue weighted by atomic mass is 32.2. The van der Waals surface area contributed by atoms with Gasteiger partial charge in [-0.15, -0.1) is 23.1 Å². The molecule has 0 saturated carbocycles. The quantitative estimate of drug-likeness (QED) is 0.159. The van der Waals surface area contributed by atoms with Crippen LogP contribution in [0.5, 0.6) is 5.75 Å². The number of nitrogens with one attached hydrogen (secondary N) is 1. The minimum absolute atomic E-state index is 0.0809. The van der Waals surface area contributed by atoms with Crippen molar-refractivity contribution >= 4 is 57.3 Å². The third-order valence-electron chi connectivity index (χ3n) is 4.81. The molecule has 166 valence electrons. The summed E-state index contributed by atoms with van der Waals surface area (Å²) in [6.45, 7) is 0. The number of amides is 2. The highest BCUT2D eigenvalue weighted by Gasteiger charge is 2.55. The van der Waals surface area contributed by atoms with Crippen molar-refractivity contribution in [2.24, 2.45) is 5.16 Å². The number of hydrogen-bond acceptors (Lipinski definition) is 12. The van der Waals surface area contributed by atoms with Gasteiger partial charge >= 0.3 is 5.97 Å². The summed E-state index contributed by atoms with van der Waals surface area (Å²) < 4.78 is 0. The molecule has 32 heavy (non-hydrogen) atoms. The van der Waals surface area contributed by atoms with Gasteiger partial charge in [0.25, 0.3) is 17.2 Å². The first-order valence-corrected chi connectivity index (χ1v) is 10.7. The van der Waals surface area contributed by atoms with Crippen LogP contribution in [-0.2, 0) is 19.2 Å². The summed E-state index contributed by atoms with van der Waals surface area (Å²) in [5.41, 5.74) is 2.29. The predicted molar refractivity (Wildman–Crippen MR) is 113 cm³/mol. The molecule has 13 nitrogen and oxygen atoms in total. The molecule has 4 rings (SSSR count). The normalized spacial score (nSPS) is 20.7. The minimum atomic E-state index is -1.52. The van der Waals surface area contributed by atoms with Crippen LogP contribution in [0.2, 0.25) is 0 Å². The smallest absolute Gasteiger partial charge is 0.352 e. The molecule has 2 amide bonds. The summed E-state index contributed by atoms with van der Waals surface area (Å²) in [6.07, 6.45) is 0. The number of anilines is 1. The lowest BCUT2D eigenvalue weighted by molar-refractivity contribution is -0.149. The Morgan fingerprint density at radius 3 is 2.62 bits per heavy atom. The molecule has 2 atom stereocenters. The third kappa shape index (κ3) is 3.13. The van der Waals surface area contributed by atoms with Crippen molar-refractivity contribution in [1.82, 2.24) is 15.2 Å². The number of aromatic hydroxyl groups is 1. The molecule has 1 unspecified atom stereocenters. The Balaban J connectivity index is 1.60. The van der Waals surface area contributed by atoms with E-state index in [1.807, 2.05) is 0 Å². The van der Waals surface area contributed by atoms with Crippen molar-refractivity contribution in [2.75, 3.05) is 18.6 Å². The number of rotatable bonds is 6. The van der Waals surface area contributed by atoms with Gasteiger partial charge in [0.15, 0.2) is 16.6 Å². The first-order chi connectivity index (χ1) is 15.2. The highest BCUT2D eigenvalue weighted by Crippen LogP contribution is 2.44. The number of nitrogens with two attached hydrogens (primary N) is 1. The Labute approximate surface area is 185 Å². The molecular weight excluding hydrogens is 466 g/mol. The number of carboxylic acids is 1. The van der Waals surface area contributed by atoms with Crippen LogP contribution in [0.3, 0.4) is 0 Å². The van der Waals surface area contributed by atoms with Crippen LogP contribution < -0.4 is 21.9 Å². The fourth-order valence-electron chi connectivity index (χ4n) is 3.37. The van der Waals surface area contributed by atoms with Gasteiger partial charge in [-0.1, -0.05) is 5.16 Å². The average Bonchev–Trinajstić information content (AvgIpc) is 3.20. The monoisotopic (exact) mass is 479 g/mol. The van der Waals surface area contributed by atoms with Crippen molar-refractivity contribution in [3.8, 4) is 5.75 Å². The topological polar surface area (TPSA) is 202 Å². The molecule has 3 heterocycles. The van der Waals surface area contributed by atoms with E-state index in [1.54, 1.807) is 0 Å². The Hall–Kier alpha value is -3.72. The number of carboxylic acid groups (broad SMARTS) is 1. The first kappa shape index (κ1) is 21.5. The Bertz CT molecular complexity index is 1300. The van der Waals surface area contributed by atoms with Crippen molar-refractivity contribution in [3.05, 3.63) is 42.8 Å². The average molecular weight is 479 g/mol. The van der Waals surface area contributed by atoms with E-state index in [-0.39, 0.29) is 27.9 Å². The molecule has 2 aromatic rings. The lowest BCUT2D eigenvalue weighted by atomic mass is 9.95. The zero-order chi connectivity index (χ0) is 23.3. The lowest BCUT2D eigenvalue weighted by Gasteiger charge is -2.49. The molecule has 1 fully saturated rings. The first-order valence-electron chi connectivity index (χ1n) is 8.74. The van der Waals surface area contributed by atoms with Gasteiger partial charge in [-0.05, 0) is 0 Å². The van der Waals surface area contributed by atoms with E-state index in [2.05, 4.69) is 20.3 Å². The van der Waals surface area contributed by atoms with E-state index in [0.717, 1.165) is 28.0 Å². The number of aliphatic carboxylic acids is 1. The SMILES string of the molecule is CON=C(C(=O)NC1C(=O)N2C(C(=O)O)=C(c3c(O)c(=O)c3=O)CS[C@@H]12)c1csc(N)n1. The zero-order valence-corrected chi connectivity index (χ0v) is 17.7. The van der Waals surface area contributed by atoms with Crippen molar-refractivity contribution in [1.29, 1.82) is 0 Å². The lowest BCUT2D eigenvalue weighted by Crippen LogP contribution is -2.71. The summed E-state index contributed by atoms with van der Waals surface area (Å²) in [7, 11) is 1.22. The molecule has 1 aromatic heterocycles. The van der Waals surface area contributed by atoms with Gasteiger partial charge in [0.2, 0.25) is 5.43 Å². The Kier molecular flexibility index (Phi) is 5.21. The number of nitrogens with zero attached hydrogens (tertiary/aromatic N) is 3. The van der Waals surface area contributed by atoms with Crippen LogP contribution in [0.15, 0.2) is 25.8 Å². The summed E-state index contributed by atoms with van der Waals surface area (Å²) in [5.74, 6) is -3.97. The van der Waals surface area contributed by atoms with Crippen molar-refractivity contribution < 1.29 is 29.4 Å². The molecule has 0 aliphatic carbocycles. The summed E-state index contributed by atoms with van der Waals surface area (Å²) in [6, 6.07) is -1.09. The number of hydrogen-bond donors (Lipinski definition) is 4. The minimum Gasteiger partial charge on any atom is -0.503 e. The number of thioether (sulfide) groups is 1. The number of nitrogen functional groups attached to an aromatic ring is 1. The highest BCUT2D eigenvalue weighted by molar-refractivity contribution is 8.00. The molecule has 2 aliphatic heterocycles. The van der Waals surface area contributed by atoms with Crippen LogP contribution in [0.1, 0.15) is 11.3 Å². The van der Waals surface area contributed by atoms with E-state index >= 15 is 0 Å². The fourth-order valence-corrected chi connectivity index (χ4v) is 5.27. The molecule has 15 heteroatoms. The van der Waals surface area contributed by atoms with Gasteiger partial charge in [-0.2, -0.15) is 0 Å². The standard InChI is InChI=1S/C17H13N5O8S2/c1-30-21-7(5-3-32-17(18)19-5)13(26)20-8-14(27)22-9(16(28)29)4(2-31-15(8)22)6-10(23)12(25)11(6)24/h3,8,15,23H,2H2,1H3,(H2,18,19)(H,20,26)(H,28,29)/t8?,15-/m0/s1. The largest absolute Gasteiger partial charge is 0.503 e. The number of β-lactam (4-membered cyclic amide) rings is 1. The number of carbonyl (C=O) groups is 3. The second-order valence-corrected chi connectivity index (χ2v) is 8.56. The van der Waals surface area contributed by atoms with Crippen LogP contribution >= 0.6 is 23.1 Å². The van der Waals surface area contributed by atoms with Crippen LogP contribution in [0.25, 0.3) is 5.57 Å². The van der Waals surface area contributed by atoms with Crippen LogP contribution in [-0.4, -0.2) is 67.9 Å². The molecule has 2 aliphatic rings. The van der Waals surface area contributed by atoms with Crippen LogP contribution in [0.4, 0.5) is 5.13 Å². The predicted octanol–water partition coefficient (Wildman–Crippen LogP) is -1.73. The van der Waals surface area contributed by atoms with E-state index in [0.29, 0.717) is 0 Å². The summed E-state index contributed by atoms with van der Waals surface area (Å²) >= 11 is 2.13. The summed E-state index contributed by atoms with van der Waals surface area (Å²) in [4.78, 5) is 69.9. The number of aromatic nitrogens is 1. The molecule has 1 aromatic carbocycles. The fraction of sp³-hybridized carbons (Fsp3) is 0.235. The van der Waals surface area contributed by atoms with E-state index in [4.69, 9.17) is 5.73 Å². The van der Waals surface area contributed by atoms with Crippen LogP contribution in [0, 0.1) is 0 Å². The maximum absolute atomic E-state index is 12.7. The van der Waals surface area contributed by atoms with E-state index < -0.39 is 57.1 Å². The van der Waals surface area contributed by atoms with Gasteiger partial charge in [-0.25, -0.2) is 9.78 Å². The molecule has 1 saturated heterocycles. The van der Waals surface area contributed by atoms with Gasteiger partial charge in [0, 0.05) is 16.7 Å². The van der Waals surface area contributed by atoms with Gasteiger partial charge in [0.05, 0.1) is 5.56 Å². The Morgan fingerprint density at radius 2 is 2.06 bits per heavy atom.